The molecule has 13 heavy (non-hydrogen) atoms. The van der Waals surface area contributed by atoms with Gasteiger partial charge >= 0.3 is 27.3 Å². The van der Waals surface area contributed by atoms with Crippen molar-refractivity contribution in [1.29, 1.82) is 0 Å². The maximum atomic E-state index is 10.8. The molecule has 0 radical (unpaired) electrons. The van der Waals surface area contributed by atoms with Crippen molar-refractivity contribution in [2.75, 3.05) is 0 Å². The van der Waals surface area contributed by atoms with E-state index in [0.29, 0.717) is 0 Å². The molecule has 0 aromatic heterocycles. The first-order valence-corrected chi connectivity index (χ1v) is 5.07. The summed E-state index contributed by atoms with van der Waals surface area (Å²) in [7, 11) is -4.23. The first-order chi connectivity index (χ1) is 5.35. The zero-order valence-electron chi connectivity index (χ0n) is 7.65. The summed E-state index contributed by atoms with van der Waals surface area (Å²) in [5.74, 6) is 0. The predicted molar refractivity (Wildman–Crippen MR) is 51.4 cm³/mol. The van der Waals surface area contributed by atoms with E-state index in [1.807, 2.05) is 6.92 Å². The Bertz CT molecular complexity index is 342. The van der Waals surface area contributed by atoms with Gasteiger partial charge in [0.1, 0.15) is 10.1 Å². The first-order valence-electron chi connectivity index (χ1n) is 3.67. The molecule has 0 spiro atoms. The van der Waals surface area contributed by atoms with Gasteiger partial charge in [-0.3, -0.25) is 0 Å². The molecule has 1 rings (SSSR count). The van der Waals surface area contributed by atoms with Crippen LogP contribution in [0.3, 0.4) is 0 Å². The molecule has 1 atom stereocenters. The Morgan fingerprint density at radius 1 is 1.54 bits per heavy atom. The van der Waals surface area contributed by atoms with Crippen LogP contribution in [0.25, 0.3) is 0 Å². The first kappa shape index (κ1) is 13.3. The zero-order valence-corrected chi connectivity index (χ0v) is 13.0. The number of allylic oxidation sites excluding steroid dienone is 3. The topological polar surface area (TPSA) is 57.2 Å². The molecule has 5 heteroatoms. The van der Waals surface area contributed by atoms with Gasteiger partial charge in [0.25, 0.3) is 0 Å². The van der Waals surface area contributed by atoms with E-state index in [4.69, 9.17) is 0 Å². The molecule has 0 fully saturated rings. The van der Waals surface area contributed by atoms with Crippen molar-refractivity contribution in [1.82, 2.24) is 0 Å². The second kappa shape index (κ2) is 4.22. The van der Waals surface area contributed by atoms with Crippen LogP contribution in [-0.2, 0) is 10.1 Å². The van der Waals surface area contributed by atoms with Crippen LogP contribution in [0.4, 0.5) is 0 Å². The van der Waals surface area contributed by atoms with Gasteiger partial charge in [-0.15, -0.1) is 0 Å². The van der Waals surface area contributed by atoms with Crippen molar-refractivity contribution < 1.29 is 13.0 Å². The van der Waals surface area contributed by atoms with Crippen LogP contribution in [0.15, 0.2) is 23.8 Å². The normalized spacial score (nSPS) is 27.8. The fraction of sp³-hybridized carbons (Fsp3) is 0.500. The van der Waals surface area contributed by atoms with Gasteiger partial charge < -0.3 is 4.55 Å². The van der Waals surface area contributed by atoms with Crippen molar-refractivity contribution in [2.45, 2.75) is 25.0 Å². The molecule has 70 valence electrons. The second-order valence-electron chi connectivity index (χ2n) is 3.25. The van der Waals surface area contributed by atoms with Gasteiger partial charge in [0, 0.05) is 0 Å². The quantitative estimate of drug-likeness (QED) is 0.491. The molecule has 0 heterocycles. The van der Waals surface area contributed by atoms with Gasteiger partial charge in [-0.25, -0.2) is 8.42 Å². The fourth-order valence-corrected chi connectivity index (χ4v) is 1.52. The van der Waals surface area contributed by atoms with Crippen LogP contribution in [0, 0.1) is 0 Å². The summed E-state index contributed by atoms with van der Waals surface area (Å²) in [5.41, 5.74) is 0.996. The van der Waals surface area contributed by atoms with Gasteiger partial charge in [-0.2, -0.15) is 0 Å². The Labute approximate surface area is 98.8 Å². The Balaban J connectivity index is 0.00000144. The smallest absolute Gasteiger partial charge is 0.747 e. The van der Waals surface area contributed by atoms with Crippen molar-refractivity contribution in [2.24, 2.45) is 0 Å². The molecule has 1 unspecified atom stereocenters. The van der Waals surface area contributed by atoms with E-state index >= 15 is 0 Å². The summed E-state index contributed by atoms with van der Waals surface area (Å²) in [6.45, 7) is 3.31. The van der Waals surface area contributed by atoms with Gasteiger partial charge in [0.2, 0.25) is 0 Å². The summed E-state index contributed by atoms with van der Waals surface area (Å²) < 4.78 is 31.1. The Kier molecular flexibility index (Phi) is 4.33. The average Bonchev–Trinajstić information content (AvgIpc) is 1.93. The van der Waals surface area contributed by atoms with Crippen LogP contribution in [0.2, 0.25) is 0 Å². The third-order valence-electron chi connectivity index (χ3n) is 2.10. The van der Waals surface area contributed by atoms with E-state index in [1.54, 1.807) is 12.2 Å². The molecule has 0 N–H and O–H groups in total. The third kappa shape index (κ3) is 2.88. The maximum absolute atomic E-state index is 10.8. The monoisotopic (exact) mass is 392 g/mol. The van der Waals surface area contributed by atoms with Crippen LogP contribution in [0.5, 0.6) is 0 Å². The van der Waals surface area contributed by atoms with Crippen molar-refractivity contribution in [3.8, 4) is 0 Å². The van der Waals surface area contributed by atoms with Gasteiger partial charge in [0.05, 0.1) is 4.75 Å². The number of hydrogen-bond donors (Lipinski definition) is 0. The molecule has 0 saturated heterocycles. The standard InChI is InChI=1S/C8H12O3S.Tl/c1-7-3-5-8(2,6-4-7)12(9,10)11;/h3-5H,6H2,1-2H3,(H,9,10,11);/q;+1/p-1. The van der Waals surface area contributed by atoms with Crippen LogP contribution >= 0.6 is 0 Å². The summed E-state index contributed by atoms with van der Waals surface area (Å²) in [5, 5.41) is 0. The molecular formula is C8H11O3STl. The molecule has 0 aromatic rings. The number of hydrogen-bond acceptors (Lipinski definition) is 3. The number of rotatable bonds is 1. The van der Waals surface area contributed by atoms with E-state index in [0.717, 1.165) is 5.57 Å². The molecule has 0 amide bonds. The molecular weight excluding hydrogens is 381 g/mol. The molecule has 0 aliphatic heterocycles. The molecule has 1 aliphatic rings. The van der Waals surface area contributed by atoms with Crippen molar-refractivity contribution in [3.63, 3.8) is 0 Å². The minimum Gasteiger partial charge on any atom is -0.747 e. The minimum absolute atomic E-state index is 0. The van der Waals surface area contributed by atoms with E-state index < -0.39 is 14.9 Å². The largest absolute Gasteiger partial charge is 1.00 e. The predicted octanol–water partition coefficient (Wildman–Crippen LogP) is 0.816. The Morgan fingerprint density at radius 3 is 2.38 bits per heavy atom. The van der Waals surface area contributed by atoms with Gasteiger partial charge in [-0.05, 0) is 20.3 Å². The van der Waals surface area contributed by atoms with Crippen LogP contribution in [0.1, 0.15) is 20.3 Å². The van der Waals surface area contributed by atoms with Crippen molar-refractivity contribution in [3.05, 3.63) is 23.8 Å². The summed E-state index contributed by atoms with van der Waals surface area (Å²) in [6.07, 6.45) is 5.17. The maximum Gasteiger partial charge on any atom is 1.00 e. The molecule has 3 nitrogen and oxygen atoms in total. The van der Waals surface area contributed by atoms with E-state index in [2.05, 4.69) is 0 Å². The van der Waals surface area contributed by atoms with Crippen molar-refractivity contribution >= 4 is 37.4 Å². The van der Waals surface area contributed by atoms with Crippen LogP contribution in [-0.4, -0.2) is 45.0 Å². The van der Waals surface area contributed by atoms with E-state index in [-0.39, 0.29) is 33.7 Å². The van der Waals surface area contributed by atoms with E-state index in [1.165, 1.54) is 13.0 Å². The van der Waals surface area contributed by atoms with Gasteiger partial charge in [-0.1, -0.05) is 23.8 Å². The Morgan fingerprint density at radius 2 is 2.08 bits per heavy atom. The Hall–Kier alpha value is 0.312. The summed E-state index contributed by atoms with van der Waals surface area (Å²) in [6, 6.07) is 0. The third-order valence-corrected chi connectivity index (χ3v) is 3.54. The average molecular weight is 392 g/mol. The zero-order chi connectivity index (χ0) is 9.41. The fourth-order valence-electron chi connectivity index (χ4n) is 0.993. The molecule has 0 aromatic carbocycles. The summed E-state index contributed by atoms with van der Waals surface area (Å²) in [4.78, 5) is 0. The second-order valence-corrected chi connectivity index (χ2v) is 5.09. The van der Waals surface area contributed by atoms with Gasteiger partial charge in [0.15, 0.2) is 0 Å². The SMILES string of the molecule is CC1=CCC(C)(S(=O)(=O)[O-])C=C1.[Tl+]. The molecule has 1 aliphatic carbocycles. The van der Waals surface area contributed by atoms with E-state index in [9.17, 15) is 13.0 Å². The minimum atomic E-state index is -4.23. The summed E-state index contributed by atoms with van der Waals surface area (Å²) >= 11 is 0. The van der Waals surface area contributed by atoms with Crippen LogP contribution < -0.4 is 0 Å². The molecule has 0 bridgehead atoms. The molecule has 0 saturated carbocycles.